The summed E-state index contributed by atoms with van der Waals surface area (Å²) in [5, 5.41) is 13.4. The van der Waals surface area contributed by atoms with Crippen molar-refractivity contribution in [3.63, 3.8) is 0 Å². The highest BCUT2D eigenvalue weighted by Crippen LogP contribution is 2.25. The van der Waals surface area contributed by atoms with Crippen molar-refractivity contribution in [3.8, 4) is 17.2 Å². The number of phenols is 1. The van der Waals surface area contributed by atoms with E-state index in [1.807, 2.05) is 0 Å². The third-order valence-corrected chi connectivity index (χ3v) is 2.92. The van der Waals surface area contributed by atoms with E-state index in [1.54, 1.807) is 36.4 Å². The molecular weight excluding hydrogens is 284 g/mol. The lowest BCUT2D eigenvalue weighted by atomic mass is 10.2. The van der Waals surface area contributed by atoms with E-state index in [2.05, 4.69) is 10.5 Å². The van der Waals surface area contributed by atoms with Crippen molar-refractivity contribution < 1.29 is 19.4 Å². The molecule has 0 unspecified atom stereocenters. The molecule has 2 aromatic carbocycles. The molecule has 0 saturated heterocycles. The Kier molecular flexibility index (Phi) is 4.98. The maximum Gasteiger partial charge on any atom is 0.271 e. The number of carbonyl (C=O) groups excluding carboxylic acids is 1. The Balaban J connectivity index is 2.04. The minimum atomic E-state index is -0.346. The van der Waals surface area contributed by atoms with Crippen LogP contribution in [0.3, 0.4) is 0 Å². The summed E-state index contributed by atoms with van der Waals surface area (Å²) in [6, 6.07) is 11.5. The molecule has 22 heavy (non-hydrogen) atoms. The molecule has 0 saturated carbocycles. The number of rotatable bonds is 5. The van der Waals surface area contributed by atoms with Crippen LogP contribution in [-0.2, 0) is 0 Å². The second-order valence-corrected chi connectivity index (χ2v) is 4.36. The summed E-state index contributed by atoms with van der Waals surface area (Å²) in [5.41, 5.74) is 3.55. The number of nitrogens with one attached hydrogen (secondary N) is 1. The number of hydrazone groups is 1. The van der Waals surface area contributed by atoms with Crippen LogP contribution in [0.4, 0.5) is 0 Å². The van der Waals surface area contributed by atoms with Crippen LogP contribution in [0.5, 0.6) is 17.2 Å². The Morgan fingerprint density at radius 2 is 2.00 bits per heavy atom. The molecule has 0 spiro atoms. The summed E-state index contributed by atoms with van der Waals surface area (Å²) in [4.78, 5) is 11.9. The van der Waals surface area contributed by atoms with Crippen molar-refractivity contribution in [2.24, 2.45) is 5.10 Å². The largest absolute Gasteiger partial charge is 0.504 e. The Morgan fingerprint density at radius 3 is 2.73 bits per heavy atom. The van der Waals surface area contributed by atoms with Gasteiger partial charge in [-0.1, -0.05) is 6.07 Å². The molecule has 0 aliphatic carbocycles. The topological polar surface area (TPSA) is 80.2 Å². The van der Waals surface area contributed by atoms with Crippen LogP contribution in [0.25, 0.3) is 0 Å². The van der Waals surface area contributed by atoms with Crippen molar-refractivity contribution in [3.05, 3.63) is 53.6 Å². The van der Waals surface area contributed by atoms with Gasteiger partial charge in [0.2, 0.25) is 0 Å². The number of phenolic OH excluding ortho intramolecular Hbond substituents is 1. The van der Waals surface area contributed by atoms with Gasteiger partial charge in [0.1, 0.15) is 5.75 Å². The van der Waals surface area contributed by atoms with E-state index in [0.29, 0.717) is 22.6 Å². The molecule has 2 N–H and O–H groups in total. The molecule has 0 aliphatic rings. The van der Waals surface area contributed by atoms with E-state index < -0.39 is 0 Å². The third-order valence-electron chi connectivity index (χ3n) is 2.92. The van der Waals surface area contributed by atoms with E-state index in [-0.39, 0.29) is 11.7 Å². The van der Waals surface area contributed by atoms with Gasteiger partial charge >= 0.3 is 0 Å². The zero-order valence-corrected chi connectivity index (χ0v) is 12.2. The first-order valence-electron chi connectivity index (χ1n) is 6.48. The van der Waals surface area contributed by atoms with E-state index in [9.17, 15) is 9.90 Å². The van der Waals surface area contributed by atoms with Gasteiger partial charge in [-0.2, -0.15) is 5.10 Å². The second kappa shape index (κ2) is 7.12. The van der Waals surface area contributed by atoms with Crippen LogP contribution in [0.1, 0.15) is 15.9 Å². The summed E-state index contributed by atoms with van der Waals surface area (Å²) in [6.45, 7) is 0. The molecule has 2 aromatic rings. The van der Waals surface area contributed by atoms with Gasteiger partial charge in [-0.15, -0.1) is 0 Å². The van der Waals surface area contributed by atoms with Gasteiger partial charge in [0.15, 0.2) is 11.5 Å². The fourth-order valence-electron chi connectivity index (χ4n) is 1.77. The highest BCUT2D eigenvalue weighted by molar-refractivity contribution is 5.95. The molecular formula is C16H16N2O4. The number of benzene rings is 2. The summed E-state index contributed by atoms with van der Waals surface area (Å²) in [7, 11) is 2.99. The van der Waals surface area contributed by atoms with Crippen LogP contribution < -0.4 is 14.9 Å². The lowest BCUT2D eigenvalue weighted by Crippen LogP contribution is -2.17. The van der Waals surface area contributed by atoms with Crippen molar-refractivity contribution in [2.75, 3.05) is 14.2 Å². The van der Waals surface area contributed by atoms with E-state index in [0.717, 1.165) is 0 Å². The molecule has 0 bridgehead atoms. The second-order valence-electron chi connectivity index (χ2n) is 4.36. The average Bonchev–Trinajstić information content (AvgIpc) is 2.56. The number of carbonyl (C=O) groups is 1. The molecule has 114 valence electrons. The van der Waals surface area contributed by atoms with Crippen LogP contribution in [0.15, 0.2) is 47.6 Å². The normalized spacial score (nSPS) is 10.5. The minimum absolute atomic E-state index is 0.0417. The standard InChI is InChI=1S/C16H16N2O4/c1-21-13-5-3-4-12(9-13)16(20)18-17-10-11-6-7-14(19)15(8-11)22-2/h3-10,19H,1-2H3,(H,18,20)/b17-10+. The fraction of sp³-hybridized carbons (Fsp3) is 0.125. The first kappa shape index (κ1) is 15.4. The zero-order chi connectivity index (χ0) is 15.9. The van der Waals surface area contributed by atoms with Crippen LogP contribution in [-0.4, -0.2) is 31.4 Å². The summed E-state index contributed by atoms with van der Waals surface area (Å²) >= 11 is 0. The zero-order valence-electron chi connectivity index (χ0n) is 12.2. The molecule has 0 heterocycles. The third kappa shape index (κ3) is 3.76. The van der Waals surface area contributed by atoms with Crippen molar-refractivity contribution in [2.45, 2.75) is 0 Å². The maximum absolute atomic E-state index is 11.9. The van der Waals surface area contributed by atoms with E-state index in [4.69, 9.17) is 9.47 Å². The first-order valence-corrected chi connectivity index (χ1v) is 6.48. The molecule has 1 amide bonds. The van der Waals surface area contributed by atoms with Crippen LogP contribution >= 0.6 is 0 Å². The van der Waals surface area contributed by atoms with E-state index >= 15 is 0 Å². The Hall–Kier alpha value is -3.02. The number of hydrogen-bond donors (Lipinski definition) is 2. The Morgan fingerprint density at radius 1 is 1.18 bits per heavy atom. The van der Waals surface area contributed by atoms with Gasteiger partial charge in [0.05, 0.1) is 20.4 Å². The number of methoxy groups -OCH3 is 2. The van der Waals surface area contributed by atoms with Crippen molar-refractivity contribution in [1.82, 2.24) is 5.43 Å². The predicted octanol–water partition coefficient (Wildman–Crippen LogP) is 2.17. The van der Waals surface area contributed by atoms with Gasteiger partial charge in [0, 0.05) is 5.56 Å². The summed E-state index contributed by atoms with van der Waals surface area (Å²) in [5.74, 6) is 0.629. The SMILES string of the molecule is COc1cccc(C(=O)N/N=C/c2ccc(O)c(OC)c2)c1. The predicted molar refractivity (Wildman–Crippen MR) is 82.7 cm³/mol. The lowest BCUT2D eigenvalue weighted by Gasteiger charge is -2.04. The smallest absolute Gasteiger partial charge is 0.271 e. The number of aromatic hydroxyl groups is 1. The average molecular weight is 300 g/mol. The molecule has 2 rings (SSSR count). The van der Waals surface area contributed by atoms with Crippen molar-refractivity contribution in [1.29, 1.82) is 0 Å². The molecule has 0 fully saturated rings. The first-order chi connectivity index (χ1) is 10.6. The monoisotopic (exact) mass is 300 g/mol. The summed E-state index contributed by atoms with van der Waals surface area (Å²) in [6.07, 6.45) is 1.46. The fourth-order valence-corrected chi connectivity index (χ4v) is 1.77. The van der Waals surface area contributed by atoms with Crippen LogP contribution in [0.2, 0.25) is 0 Å². The van der Waals surface area contributed by atoms with Crippen molar-refractivity contribution >= 4 is 12.1 Å². The lowest BCUT2D eigenvalue weighted by molar-refractivity contribution is 0.0955. The molecule has 6 nitrogen and oxygen atoms in total. The highest BCUT2D eigenvalue weighted by atomic mass is 16.5. The number of hydrogen-bond acceptors (Lipinski definition) is 5. The van der Waals surface area contributed by atoms with Gasteiger partial charge in [-0.05, 0) is 42.0 Å². The molecule has 0 radical (unpaired) electrons. The van der Waals surface area contributed by atoms with Gasteiger partial charge in [-0.25, -0.2) is 5.43 Å². The molecule has 0 atom stereocenters. The Labute approximate surface area is 128 Å². The van der Waals surface area contributed by atoms with Gasteiger partial charge in [0.25, 0.3) is 5.91 Å². The molecule has 6 heteroatoms. The highest BCUT2D eigenvalue weighted by Gasteiger charge is 2.05. The Bertz CT molecular complexity index is 698. The van der Waals surface area contributed by atoms with Gasteiger partial charge in [-0.3, -0.25) is 4.79 Å². The van der Waals surface area contributed by atoms with Crippen LogP contribution in [0, 0.1) is 0 Å². The maximum atomic E-state index is 11.9. The quantitative estimate of drug-likeness (QED) is 0.655. The van der Waals surface area contributed by atoms with E-state index in [1.165, 1.54) is 26.5 Å². The minimum Gasteiger partial charge on any atom is -0.504 e. The number of nitrogens with zero attached hydrogens (tertiary/aromatic N) is 1. The number of amides is 1. The van der Waals surface area contributed by atoms with Gasteiger partial charge < -0.3 is 14.6 Å². The molecule has 0 aromatic heterocycles. The molecule has 0 aliphatic heterocycles. The summed E-state index contributed by atoms with van der Waals surface area (Å²) < 4.78 is 10.1. The number of ether oxygens (including phenoxy) is 2.